The van der Waals surface area contributed by atoms with Gasteiger partial charge in [-0.3, -0.25) is 0 Å². The average Bonchev–Trinajstić information content (AvgIpc) is 2.10. The third kappa shape index (κ3) is 4.91. The zero-order valence-corrected chi connectivity index (χ0v) is 7.67. The first-order valence-corrected chi connectivity index (χ1v) is 4.13. The molecular weight excluding hydrogens is 156 g/mol. The number of esters is 1. The largest absolute Gasteiger partial charge is 0.462 e. The highest BCUT2D eigenvalue weighted by Crippen LogP contribution is 1.97. The quantitative estimate of drug-likeness (QED) is 0.386. The molecule has 0 radical (unpaired) electrons. The van der Waals surface area contributed by atoms with Crippen molar-refractivity contribution in [3.63, 3.8) is 0 Å². The number of hydrogen-bond acceptors (Lipinski definition) is 3. The average molecular weight is 172 g/mol. The van der Waals surface area contributed by atoms with Crippen molar-refractivity contribution >= 4 is 5.97 Å². The van der Waals surface area contributed by atoms with Crippen molar-refractivity contribution < 1.29 is 14.6 Å². The molecule has 12 heavy (non-hydrogen) atoms. The molecule has 0 fully saturated rings. The Balaban J connectivity index is 3.45. The lowest BCUT2D eigenvalue weighted by Crippen LogP contribution is -2.07. The summed E-state index contributed by atoms with van der Waals surface area (Å²) in [5.74, 6) is -0.268. The summed E-state index contributed by atoms with van der Waals surface area (Å²) in [7, 11) is 0. The third-order valence-electron chi connectivity index (χ3n) is 1.54. The van der Waals surface area contributed by atoms with E-state index in [0.29, 0.717) is 18.6 Å². The van der Waals surface area contributed by atoms with Gasteiger partial charge in [-0.2, -0.15) is 0 Å². The normalized spacial score (nSPS) is 11.4. The molecule has 0 rings (SSSR count). The standard InChI is InChI=1S/C9H16O3/c1-3-8(2)9(11)12-7-5-4-6-10/h3,10H,4-7H2,1-2H3/b8-3+. The fourth-order valence-electron chi connectivity index (χ4n) is 0.610. The van der Waals surface area contributed by atoms with Crippen LogP contribution in [0.2, 0.25) is 0 Å². The highest BCUT2D eigenvalue weighted by Gasteiger charge is 2.02. The van der Waals surface area contributed by atoms with E-state index in [1.54, 1.807) is 19.9 Å². The molecule has 0 amide bonds. The Hall–Kier alpha value is -0.830. The Morgan fingerprint density at radius 2 is 2.17 bits per heavy atom. The molecule has 0 aromatic carbocycles. The Morgan fingerprint density at radius 3 is 2.67 bits per heavy atom. The van der Waals surface area contributed by atoms with Crippen LogP contribution in [-0.2, 0) is 9.53 Å². The lowest BCUT2D eigenvalue weighted by molar-refractivity contribution is -0.139. The summed E-state index contributed by atoms with van der Waals surface area (Å²) in [5.41, 5.74) is 0.624. The first-order chi connectivity index (χ1) is 5.72. The first kappa shape index (κ1) is 11.2. The van der Waals surface area contributed by atoms with Crippen molar-refractivity contribution in [2.45, 2.75) is 26.7 Å². The molecule has 0 spiro atoms. The minimum Gasteiger partial charge on any atom is -0.462 e. The molecule has 0 aliphatic heterocycles. The van der Waals surface area contributed by atoms with Gasteiger partial charge < -0.3 is 9.84 Å². The lowest BCUT2D eigenvalue weighted by Gasteiger charge is -2.02. The predicted octanol–water partition coefficient (Wildman–Crippen LogP) is 1.27. The summed E-state index contributed by atoms with van der Waals surface area (Å²) >= 11 is 0. The fourth-order valence-corrected chi connectivity index (χ4v) is 0.610. The van der Waals surface area contributed by atoms with Crippen LogP contribution in [0.5, 0.6) is 0 Å². The smallest absolute Gasteiger partial charge is 0.333 e. The van der Waals surface area contributed by atoms with Gasteiger partial charge >= 0.3 is 5.97 Å². The van der Waals surface area contributed by atoms with Gasteiger partial charge in [0, 0.05) is 12.2 Å². The summed E-state index contributed by atoms with van der Waals surface area (Å²) < 4.78 is 4.88. The van der Waals surface area contributed by atoms with E-state index >= 15 is 0 Å². The van der Waals surface area contributed by atoms with Crippen LogP contribution in [-0.4, -0.2) is 24.3 Å². The number of rotatable bonds is 5. The molecule has 0 aromatic rings. The molecule has 0 aliphatic carbocycles. The Morgan fingerprint density at radius 1 is 1.50 bits per heavy atom. The molecular formula is C9H16O3. The zero-order chi connectivity index (χ0) is 9.40. The number of unbranched alkanes of at least 4 members (excludes halogenated alkanes) is 1. The Labute approximate surface area is 73.0 Å². The van der Waals surface area contributed by atoms with Crippen LogP contribution < -0.4 is 0 Å². The minimum absolute atomic E-state index is 0.153. The van der Waals surface area contributed by atoms with Crippen molar-refractivity contribution in [1.29, 1.82) is 0 Å². The molecule has 0 heterocycles. The molecule has 0 saturated carbocycles. The molecule has 3 nitrogen and oxygen atoms in total. The molecule has 0 bridgehead atoms. The second-order valence-corrected chi connectivity index (χ2v) is 2.54. The van der Waals surface area contributed by atoms with Crippen molar-refractivity contribution in [2.24, 2.45) is 0 Å². The molecule has 0 atom stereocenters. The van der Waals surface area contributed by atoms with E-state index in [2.05, 4.69) is 0 Å². The number of aliphatic hydroxyl groups is 1. The maximum Gasteiger partial charge on any atom is 0.333 e. The summed E-state index contributed by atoms with van der Waals surface area (Å²) in [6.07, 6.45) is 3.12. The fraction of sp³-hybridized carbons (Fsp3) is 0.667. The summed E-state index contributed by atoms with van der Waals surface area (Å²) in [4.78, 5) is 11.0. The SMILES string of the molecule is C/C=C(\C)C(=O)OCCCCO. The van der Waals surface area contributed by atoms with Crippen LogP contribution in [0.15, 0.2) is 11.6 Å². The second kappa shape index (κ2) is 6.85. The number of carbonyl (C=O) groups is 1. The maximum atomic E-state index is 11.0. The summed E-state index contributed by atoms with van der Waals surface area (Å²) in [5, 5.41) is 8.43. The van der Waals surface area contributed by atoms with Gasteiger partial charge in [-0.15, -0.1) is 0 Å². The number of hydrogen-bond donors (Lipinski definition) is 1. The highest BCUT2D eigenvalue weighted by atomic mass is 16.5. The van der Waals surface area contributed by atoms with Gasteiger partial charge in [-0.05, 0) is 26.7 Å². The number of carbonyl (C=O) groups excluding carboxylic acids is 1. The Kier molecular flexibility index (Phi) is 6.38. The number of ether oxygens (including phenoxy) is 1. The highest BCUT2D eigenvalue weighted by molar-refractivity contribution is 5.87. The Bertz CT molecular complexity index is 161. The molecule has 0 unspecified atom stereocenters. The molecule has 3 heteroatoms. The van der Waals surface area contributed by atoms with E-state index in [-0.39, 0.29) is 12.6 Å². The van der Waals surface area contributed by atoms with Crippen molar-refractivity contribution in [3.8, 4) is 0 Å². The van der Waals surface area contributed by atoms with Gasteiger partial charge in [0.05, 0.1) is 6.61 Å². The van der Waals surface area contributed by atoms with Crippen LogP contribution in [0, 0.1) is 0 Å². The maximum absolute atomic E-state index is 11.0. The van der Waals surface area contributed by atoms with Crippen LogP contribution in [0.25, 0.3) is 0 Å². The van der Waals surface area contributed by atoms with Gasteiger partial charge in [-0.1, -0.05) is 6.08 Å². The lowest BCUT2D eigenvalue weighted by atomic mass is 10.3. The van der Waals surface area contributed by atoms with Gasteiger partial charge in [0.1, 0.15) is 0 Å². The van der Waals surface area contributed by atoms with Crippen LogP contribution in [0.1, 0.15) is 26.7 Å². The summed E-state index contributed by atoms with van der Waals surface area (Å²) in [6.45, 7) is 4.06. The molecule has 0 saturated heterocycles. The van der Waals surface area contributed by atoms with Crippen molar-refractivity contribution in [1.82, 2.24) is 0 Å². The number of allylic oxidation sites excluding steroid dienone is 1. The second-order valence-electron chi connectivity index (χ2n) is 2.54. The molecule has 1 N–H and O–H groups in total. The van der Waals surface area contributed by atoms with Crippen LogP contribution in [0.4, 0.5) is 0 Å². The first-order valence-electron chi connectivity index (χ1n) is 4.13. The molecule has 0 aliphatic rings. The van der Waals surface area contributed by atoms with Crippen LogP contribution in [0.3, 0.4) is 0 Å². The van der Waals surface area contributed by atoms with E-state index in [0.717, 1.165) is 6.42 Å². The van der Waals surface area contributed by atoms with Gasteiger partial charge in [0.15, 0.2) is 0 Å². The van der Waals surface area contributed by atoms with E-state index in [1.165, 1.54) is 0 Å². The monoisotopic (exact) mass is 172 g/mol. The van der Waals surface area contributed by atoms with Crippen LogP contribution >= 0.6 is 0 Å². The number of aliphatic hydroxyl groups excluding tert-OH is 1. The van der Waals surface area contributed by atoms with E-state index in [1.807, 2.05) is 0 Å². The minimum atomic E-state index is -0.268. The summed E-state index contributed by atoms with van der Waals surface area (Å²) in [6, 6.07) is 0. The topological polar surface area (TPSA) is 46.5 Å². The van der Waals surface area contributed by atoms with Gasteiger partial charge in [-0.25, -0.2) is 4.79 Å². The van der Waals surface area contributed by atoms with E-state index < -0.39 is 0 Å². The third-order valence-corrected chi connectivity index (χ3v) is 1.54. The predicted molar refractivity (Wildman–Crippen MR) is 46.7 cm³/mol. The molecule has 0 aromatic heterocycles. The van der Waals surface area contributed by atoms with Gasteiger partial charge in [0.2, 0.25) is 0 Å². The van der Waals surface area contributed by atoms with E-state index in [9.17, 15) is 4.79 Å². The van der Waals surface area contributed by atoms with E-state index in [4.69, 9.17) is 9.84 Å². The molecule has 70 valence electrons. The van der Waals surface area contributed by atoms with Crippen molar-refractivity contribution in [3.05, 3.63) is 11.6 Å². The zero-order valence-electron chi connectivity index (χ0n) is 7.67. The van der Waals surface area contributed by atoms with Crippen molar-refractivity contribution in [2.75, 3.05) is 13.2 Å². The van der Waals surface area contributed by atoms with Gasteiger partial charge in [0.25, 0.3) is 0 Å².